The highest BCUT2D eigenvalue weighted by Gasteiger charge is 2.11. The molecule has 138 valence electrons. The minimum absolute atomic E-state index is 0.128. The molecule has 2 rings (SSSR count). The predicted octanol–water partition coefficient (Wildman–Crippen LogP) is 0.920. The number of ether oxygens (including phenoxy) is 2. The Labute approximate surface area is 150 Å². The van der Waals surface area contributed by atoms with E-state index in [-0.39, 0.29) is 17.8 Å². The van der Waals surface area contributed by atoms with Gasteiger partial charge in [0.2, 0.25) is 11.3 Å². The van der Waals surface area contributed by atoms with Crippen LogP contribution in [-0.4, -0.2) is 36.7 Å². The van der Waals surface area contributed by atoms with E-state index in [0.717, 1.165) is 0 Å². The summed E-state index contributed by atoms with van der Waals surface area (Å²) in [5, 5.41) is 2.62. The monoisotopic (exact) mass is 359 g/mol. The first kappa shape index (κ1) is 19.2. The van der Waals surface area contributed by atoms with Gasteiger partial charge in [0.15, 0.2) is 12.4 Å². The quantitative estimate of drug-likeness (QED) is 0.728. The molecule has 0 saturated carbocycles. The van der Waals surface area contributed by atoms with Crippen LogP contribution in [0.25, 0.3) is 0 Å². The van der Waals surface area contributed by atoms with E-state index in [4.69, 9.17) is 15.2 Å². The second-order valence-corrected chi connectivity index (χ2v) is 5.56. The first-order valence-corrected chi connectivity index (χ1v) is 7.94. The number of amides is 2. The number of carbonyl (C=O) groups excluding carboxylic acids is 2. The number of benzene rings is 1. The maximum Gasteiger partial charge on any atom is 0.262 e. The average Bonchev–Trinajstić information content (AvgIpc) is 2.61. The van der Waals surface area contributed by atoms with Crippen LogP contribution >= 0.6 is 0 Å². The standard InChI is InChI=1S/C18H21N3O5/c1-12-17(15(22)7-8-21(12)9-10-25-2)26-11-16(23)20-14-5-3-13(4-6-14)18(19)24/h3-8H,9-11H2,1-2H3,(H2,19,24)(H,20,23). The molecule has 8 heteroatoms. The number of pyridine rings is 1. The molecule has 0 bridgehead atoms. The maximum atomic E-state index is 12.0. The Morgan fingerprint density at radius 2 is 1.88 bits per heavy atom. The Kier molecular flexibility index (Phi) is 6.51. The number of primary amides is 1. The molecule has 0 spiro atoms. The maximum absolute atomic E-state index is 12.0. The van der Waals surface area contributed by atoms with E-state index in [9.17, 15) is 14.4 Å². The zero-order valence-electron chi connectivity index (χ0n) is 14.7. The highest BCUT2D eigenvalue weighted by Crippen LogP contribution is 2.13. The molecule has 0 aliphatic rings. The molecular weight excluding hydrogens is 338 g/mol. The summed E-state index contributed by atoms with van der Waals surface area (Å²) in [6, 6.07) is 7.52. The molecule has 0 saturated heterocycles. The molecule has 26 heavy (non-hydrogen) atoms. The third-order valence-corrected chi connectivity index (χ3v) is 3.73. The van der Waals surface area contributed by atoms with Crippen LogP contribution in [0.15, 0.2) is 41.3 Å². The first-order valence-electron chi connectivity index (χ1n) is 7.94. The normalized spacial score (nSPS) is 10.4. The van der Waals surface area contributed by atoms with Crippen molar-refractivity contribution in [1.82, 2.24) is 4.57 Å². The van der Waals surface area contributed by atoms with Crippen molar-refractivity contribution in [3.63, 3.8) is 0 Å². The number of carbonyl (C=O) groups is 2. The van der Waals surface area contributed by atoms with Gasteiger partial charge in [0.05, 0.1) is 12.3 Å². The van der Waals surface area contributed by atoms with Crippen molar-refractivity contribution in [3.05, 3.63) is 58.0 Å². The van der Waals surface area contributed by atoms with Gasteiger partial charge in [-0.05, 0) is 31.2 Å². The van der Waals surface area contributed by atoms with Crippen molar-refractivity contribution >= 4 is 17.5 Å². The smallest absolute Gasteiger partial charge is 0.262 e. The topological polar surface area (TPSA) is 113 Å². The first-order chi connectivity index (χ1) is 12.4. The number of hydrogen-bond acceptors (Lipinski definition) is 5. The van der Waals surface area contributed by atoms with Crippen molar-refractivity contribution in [1.29, 1.82) is 0 Å². The van der Waals surface area contributed by atoms with Gasteiger partial charge in [-0.25, -0.2) is 0 Å². The van der Waals surface area contributed by atoms with Crippen molar-refractivity contribution in [2.45, 2.75) is 13.5 Å². The van der Waals surface area contributed by atoms with E-state index in [1.54, 1.807) is 32.4 Å². The van der Waals surface area contributed by atoms with Crippen LogP contribution in [0.2, 0.25) is 0 Å². The van der Waals surface area contributed by atoms with E-state index in [2.05, 4.69) is 5.32 Å². The number of anilines is 1. The Morgan fingerprint density at radius 3 is 2.50 bits per heavy atom. The highest BCUT2D eigenvalue weighted by molar-refractivity contribution is 5.95. The van der Waals surface area contributed by atoms with Crippen LogP contribution in [0.3, 0.4) is 0 Å². The van der Waals surface area contributed by atoms with Crippen molar-refractivity contribution in [2.75, 3.05) is 25.6 Å². The molecule has 1 aromatic carbocycles. The van der Waals surface area contributed by atoms with Crippen LogP contribution in [-0.2, 0) is 16.1 Å². The van der Waals surface area contributed by atoms with Crippen molar-refractivity contribution in [3.8, 4) is 5.75 Å². The SMILES string of the molecule is COCCn1ccc(=O)c(OCC(=O)Nc2ccc(C(N)=O)cc2)c1C. The summed E-state index contributed by atoms with van der Waals surface area (Å²) in [5.74, 6) is -0.846. The van der Waals surface area contributed by atoms with Gasteiger partial charge < -0.3 is 25.1 Å². The molecule has 2 aromatic rings. The van der Waals surface area contributed by atoms with Crippen molar-refractivity contribution in [2.24, 2.45) is 5.73 Å². The lowest BCUT2D eigenvalue weighted by molar-refractivity contribution is -0.118. The van der Waals surface area contributed by atoms with Crippen LogP contribution < -0.4 is 21.2 Å². The molecule has 0 fully saturated rings. The lowest BCUT2D eigenvalue weighted by atomic mass is 10.2. The third kappa shape index (κ3) is 4.93. The summed E-state index contributed by atoms with van der Waals surface area (Å²) in [6.45, 7) is 2.48. The lowest BCUT2D eigenvalue weighted by Crippen LogP contribution is -2.24. The van der Waals surface area contributed by atoms with E-state index in [1.165, 1.54) is 18.2 Å². The Bertz CT molecular complexity index is 843. The fourth-order valence-corrected chi connectivity index (χ4v) is 2.31. The number of aromatic nitrogens is 1. The van der Waals surface area contributed by atoms with Gasteiger partial charge in [-0.15, -0.1) is 0 Å². The zero-order valence-corrected chi connectivity index (χ0v) is 14.7. The third-order valence-electron chi connectivity index (χ3n) is 3.73. The summed E-state index contributed by atoms with van der Waals surface area (Å²) in [6.07, 6.45) is 1.66. The Hall–Kier alpha value is -3.13. The fourth-order valence-electron chi connectivity index (χ4n) is 2.31. The number of hydrogen-bond donors (Lipinski definition) is 2. The van der Waals surface area contributed by atoms with Gasteiger partial charge in [0.1, 0.15) is 0 Å². The van der Waals surface area contributed by atoms with Crippen LogP contribution in [0.4, 0.5) is 5.69 Å². The molecule has 0 aliphatic heterocycles. The Balaban J connectivity index is 2.00. The van der Waals surface area contributed by atoms with Gasteiger partial charge in [0, 0.05) is 37.2 Å². The highest BCUT2D eigenvalue weighted by atomic mass is 16.5. The van der Waals surface area contributed by atoms with Crippen LogP contribution in [0.1, 0.15) is 16.1 Å². The number of methoxy groups -OCH3 is 1. The second kappa shape index (κ2) is 8.82. The predicted molar refractivity (Wildman–Crippen MR) is 96.4 cm³/mol. The minimum atomic E-state index is -0.546. The van der Waals surface area contributed by atoms with Gasteiger partial charge in [-0.3, -0.25) is 14.4 Å². The fraction of sp³-hybridized carbons (Fsp3) is 0.278. The van der Waals surface area contributed by atoms with Gasteiger partial charge >= 0.3 is 0 Å². The summed E-state index contributed by atoms with van der Waals surface area (Å²) in [7, 11) is 1.59. The number of nitrogens with zero attached hydrogens (tertiary/aromatic N) is 1. The molecular formula is C18H21N3O5. The molecule has 3 N–H and O–H groups in total. The van der Waals surface area contributed by atoms with E-state index in [1.807, 2.05) is 4.57 Å². The average molecular weight is 359 g/mol. The molecule has 2 amide bonds. The summed E-state index contributed by atoms with van der Waals surface area (Å²) >= 11 is 0. The summed E-state index contributed by atoms with van der Waals surface area (Å²) < 4.78 is 12.3. The second-order valence-electron chi connectivity index (χ2n) is 5.56. The molecule has 0 atom stereocenters. The van der Waals surface area contributed by atoms with Crippen LogP contribution in [0, 0.1) is 6.92 Å². The summed E-state index contributed by atoms with van der Waals surface area (Å²) in [5.41, 5.74) is 6.32. The van der Waals surface area contributed by atoms with Gasteiger partial charge in [-0.1, -0.05) is 0 Å². The lowest BCUT2D eigenvalue weighted by Gasteiger charge is -2.14. The van der Waals surface area contributed by atoms with Crippen LogP contribution in [0.5, 0.6) is 5.75 Å². The number of nitrogens with two attached hydrogens (primary N) is 1. The van der Waals surface area contributed by atoms with Crippen molar-refractivity contribution < 1.29 is 19.1 Å². The molecule has 0 radical (unpaired) electrons. The number of nitrogens with one attached hydrogen (secondary N) is 1. The van der Waals surface area contributed by atoms with Gasteiger partial charge in [0.25, 0.3) is 5.91 Å². The number of rotatable bonds is 8. The molecule has 1 aromatic heterocycles. The van der Waals surface area contributed by atoms with E-state index in [0.29, 0.717) is 30.1 Å². The van der Waals surface area contributed by atoms with E-state index < -0.39 is 11.8 Å². The largest absolute Gasteiger partial charge is 0.478 e. The molecule has 1 heterocycles. The Morgan fingerprint density at radius 1 is 1.19 bits per heavy atom. The molecule has 0 unspecified atom stereocenters. The molecule has 8 nitrogen and oxygen atoms in total. The minimum Gasteiger partial charge on any atom is -0.478 e. The van der Waals surface area contributed by atoms with E-state index >= 15 is 0 Å². The van der Waals surface area contributed by atoms with Gasteiger partial charge in [-0.2, -0.15) is 0 Å². The molecule has 0 aliphatic carbocycles. The zero-order chi connectivity index (χ0) is 19.1. The summed E-state index contributed by atoms with van der Waals surface area (Å²) in [4.78, 5) is 35.0.